The lowest BCUT2D eigenvalue weighted by molar-refractivity contribution is 0.722. The van der Waals surface area contributed by atoms with Gasteiger partial charge in [-0.3, -0.25) is 0 Å². The van der Waals surface area contributed by atoms with Gasteiger partial charge in [0.05, 0.1) is 0 Å². The SMILES string of the molecule is c1ccc(Cn2ccnc2CCNc2cc(N3CCCC3)ncn2)cc1. The minimum atomic E-state index is 0.794. The van der Waals surface area contributed by atoms with E-state index in [0.717, 1.165) is 50.1 Å². The standard InChI is InChI=1S/C20H24N6/c1-2-6-17(7-3-1)15-26-13-10-22-19(26)8-9-21-18-14-20(24-16-23-18)25-11-4-5-12-25/h1-3,6-7,10,13-14,16H,4-5,8-9,11-12,15H2,(H,21,23,24). The Morgan fingerprint density at radius 2 is 1.85 bits per heavy atom. The van der Waals surface area contributed by atoms with Crippen LogP contribution >= 0.6 is 0 Å². The Bertz CT molecular complexity index is 823. The van der Waals surface area contributed by atoms with Crippen molar-refractivity contribution >= 4 is 11.6 Å². The highest BCUT2D eigenvalue weighted by Crippen LogP contribution is 2.19. The highest BCUT2D eigenvalue weighted by atomic mass is 15.2. The molecule has 0 atom stereocenters. The van der Waals surface area contributed by atoms with Crippen molar-refractivity contribution in [2.24, 2.45) is 0 Å². The van der Waals surface area contributed by atoms with Gasteiger partial charge in [0.1, 0.15) is 23.8 Å². The molecule has 134 valence electrons. The summed E-state index contributed by atoms with van der Waals surface area (Å²) in [4.78, 5) is 15.6. The zero-order valence-electron chi connectivity index (χ0n) is 14.9. The van der Waals surface area contributed by atoms with Crippen molar-refractivity contribution in [3.63, 3.8) is 0 Å². The molecule has 3 heterocycles. The molecule has 0 bridgehead atoms. The average Bonchev–Trinajstić information content (AvgIpc) is 3.36. The number of hydrogen-bond acceptors (Lipinski definition) is 5. The van der Waals surface area contributed by atoms with E-state index in [-0.39, 0.29) is 0 Å². The van der Waals surface area contributed by atoms with Crippen LogP contribution in [0.2, 0.25) is 0 Å². The number of hydrogen-bond donors (Lipinski definition) is 1. The zero-order chi connectivity index (χ0) is 17.6. The fourth-order valence-corrected chi connectivity index (χ4v) is 3.36. The molecule has 1 aliphatic heterocycles. The highest BCUT2D eigenvalue weighted by Gasteiger charge is 2.14. The Morgan fingerprint density at radius 1 is 1.00 bits per heavy atom. The predicted molar refractivity (Wildman–Crippen MR) is 103 cm³/mol. The molecule has 0 amide bonds. The molecule has 2 aromatic heterocycles. The first-order valence-corrected chi connectivity index (χ1v) is 9.23. The summed E-state index contributed by atoms with van der Waals surface area (Å²) in [5.41, 5.74) is 1.28. The lowest BCUT2D eigenvalue weighted by Crippen LogP contribution is -2.19. The Morgan fingerprint density at radius 3 is 2.69 bits per heavy atom. The molecule has 1 saturated heterocycles. The minimum Gasteiger partial charge on any atom is -0.369 e. The van der Waals surface area contributed by atoms with E-state index in [9.17, 15) is 0 Å². The molecule has 26 heavy (non-hydrogen) atoms. The summed E-state index contributed by atoms with van der Waals surface area (Å²) in [6.07, 6.45) is 8.90. The molecule has 1 aliphatic rings. The number of nitrogens with one attached hydrogen (secondary N) is 1. The van der Waals surface area contributed by atoms with Crippen LogP contribution in [0, 0.1) is 0 Å². The first kappa shape index (κ1) is 16.6. The van der Waals surface area contributed by atoms with E-state index in [4.69, 9.17) is 0 Å². The maximum atomic E-state index is 4.51. The van der Waals surface area contributed by atoms with Crippen molar-refractivity contribution in [2.45, 2.75) is 25.8 Å². The molecule has 6 heteroatoms. The summed E-state index contributed by atoms with van der Waals surface area (Å²) in [7, 11) is 0. The van der Waals surface area contributed by atoms with Gasteiger partial charge in [-0.25, -0.2) is 15.0 Å². The fourth-order valence-electron chi connectivity index (χ4n) is 3.36. The fraction of sp³-hybridized carbons (Fsp3) is 0.350. The van der Waals surface area contributed by atoms with E-state index in [2.05, 4.69) is 54.0 Å². The van der Waals surface area contributed by atoms with Crippen molar-refractivity contribution in [1.82, 2.24) is 19.5 Å². The molecule has 3 aromatic rings. The lowest BCUT2D eigenvalue weighted by atomic mass is 10.2. The molecule has 1 N–H and O–H groups in total. The van der Waals surface area contributed by atoms with E-state index < -0.39 is 0 Å². The topological polar surface area (TPSA) is 58.9 Å². The molecular formula is C20H24N6. The van der Waals surface area contributed by atoms with E-state index in [1.165, 1.54) is 18.4 Å². The normalized spacial score (nSPS) is 13.9. The second-order valence-corrected chi connectivity index (χ2v) is 6.59. The van der Waals surface area contributed by atoms with Crippen LogP contribution in [0.25, 0.3) is 0 Å². The average molecular weight is 348 g/mol. The summed E-state index contributed by atoms with van der Waals surface area (Å²) in [5, 5.41) is 3.41. The maximum Gasteiger partial charge on any atom is 0.134 e. The van der Waals surface area contributed by atoms with Gasteiger partial charge in [-0.15, -0.1) is 0 Å². The highest BCUT2D eigenvalue weighted by molar-refractivity contribution is 5.48. The lowest BCUT2D eigenvalue weighted by Gasteiger charge is -2.16. The van der Waals surface area contributed by atoms with Gasteiger partial charge >= 0.3 is 0 Å². The Balaban J connectivity index is 1.34. The molecule has 0 unspecified atom stereocenters. The molecule has 0 saturated carbocycles. The summed E-state index contributed by atoms with van der Waals surface area (Å²) < 4.78 is 2.20. The zero-order valence-corrected chi connectivity index (χ0v) is 14.9. The van der Waals surface area contributed by atoms with Gasteiger partial charge in [0.2, 0.25) is 0 Å². The van der Waals surface area contributed by atoms with Crippen LogP contribution in [0.15, 0.2) is 55.1 Å². The Labute approximate surface area is 153 Å². The number of aromatic nitrogens is 4. The molecule has 6 nitrogen and oxygen atoms in total. The van der Waals surface area contributed by atoms with Gasteiger partial charge in [0, 0.05) is 51.1 Å². The van der Waals surface area contributed by atoms with Gasteiger partial charge in [0.15, 0.2) is 0 Å². The van der Waals surface area contributed by atoms with E-state index >= 15 is 0 Å². The number of rotatable bonds is 7. The largest absolute Gasteiger partial charge is 0.369 e. The molecule has 0 radical (unpaired) electrons. The predicted octanol–water partition coefficient (Wildman–Crippen LogP) is 2.98. The number of imidazole rings is 1. The van der Waals surface area contributed by atoms with Crippen molar-refractivity contribution < 1.29 is 0 Å². The monoisotopic (exact) mass is 348 g/mol. The molecule has 0 spiro atoms. The summed E-state index contributed by atoms with van der Waals surface area (Å²) in [6, 6.07) is 12.5. The molecule has 1 aromatic carbocycles. The third kappa shape index (κ3) is 4.02. The second kappa shape index (κ2) is 7.99. The van der Waals surface area contributed by atoms with E-state index in [1.807, 2.05) is 24.5 Å². The van der Waals surface area contributed by atoms with Gasteiger partial charge in [-0.2, -0.15) is 0 Å². The number of benzene rings is 1. The number of anilines is 2. The third-order valence-corrected chi connectivity index (χ3v) is 4.73. The second-order valence-electron chi connectivity index (χ2n) is 6.59. The summed E-state index contributed by atoms with van der Waals surface area (Å²) >= 11 is 0. The van der Waals surface area contributed by atoms with Crippen LogP contribution in [0.5, 0.6) is 0 Å². The molecule has 0 aliphatic carbocycles. The van der Waals surface area contributed by atoms with Crippen LogP contribution in [-0.2, 0) is 13.0 Å². The van der Waals surface area contributed by atoms with Gasteiger partial charge in [0.25, 0.3) is 0 Å². The van der Waals surface area contributed by atoms with Crippen LogP contribution in [0.3, 0.4) is 0 Å². The minimum absolute atomic E-state index is 0.794. The van der Waals surface area contributed by atoms with Crippen LogP contribution in [0.1, 0.15) is 24.2 Å². The quantitative estimate of drug-likeness (QED) is 0.711. The molecule has 1 fully saturated rings. The summed E-state index contributed by atoms with van der Waals surface area (Å²) in [5.74, 6) is 2.98. The van der Waals surface area contributed by atoms with E-state index in [1.54, 1.807) is 6.33 Å². The first-order valence-electron chi connectivity index (χ1n) is 9.23. The van der Waals surface area contributed by atoms with Gasteiger partial charge in [-0.1, -0.05) is 30.3 Å². The van der Waals surface area contributed by atoms with Crippen molar-refractivity contribution in [1.29, 1.82) is 0 Å². The molecule has 4 rings (SSSR count). The third-order valence-electron chi connectivity index (χ3n) is 4.73. The Hall–Kier alpha value is -2.89. The van der Waals surface area contributed by atoms with Crippen molar-refractivity contribution in [2.75, 3.05) is 29.9 Å². The van der Waals surface area contributed by atoms with Gasteiger partial charge < -0.3 is 14.8 Å². The first-order chi connectivity index (χ1) is 12.9. The Kier molecular flexibility index (Phi) is 5.09. The van der Waals surface area contributed by atoms with Crippen LogP contribution in [0.4, 0.5) is 11.6 Å². The van der Waals surface area contributed by atoms with Crippen molar-refractivity contribution in [3.05, 3.63) is 66.5 Å². The smallest absolute Gasteiger partial charge is 0.134 e. The number of nitrogens with zero attached hydrogens (tertiary/aromatic N) is 5. The van der Waals surface area contributed by atoms with Gasteiger partial charge in [-0.05, 0) is 18.4 Å². The van der Waals surface area contributed by atoms with Crippen LogP contribution in [-0.4, -0.2) is 39.2 Å². The molecular weight excluding hydrogens is 324 g/mol. The van der Waals surface area contributed by atoms with Crippen molar-refractivity contribution in [3.8, 4) is 0 Å². The van der Waals surface area contributed by atoms with Crippen LogP contribution < -0.4 is 10.2 Å². The maximum absolute atomic E-state index is 4.51. The van der Waals surface area contributed by atoms with E-state index in [0.29, 0.717) is 0 Å². The summed E-state index contributed by atoms with van der Waals surface area (Å²) in [6.45, 7) is 3.83.